The number of hydrogen-bond donors (Lipinski definition) is 0. The van der Waals surface area contributed by atoms with Crippen molar-refractivity contribution in [3.63, 3.8) is 0 Å². The van der Waals surface area contributed by atoms with E-state index >= 15 is 0 Å². The zero-order valence-corrected chi connectivity index (χ0v) is 41.7. The maximum absolute atomic E-state index is 5.38. The van der Waals surface area contributed by atoms with Gasteiger partial charge >= 0.3 is 0 Å². The summed E-state index contributed by atoms with van der Waals surface area (Å²) in [4.78, 5) is 18.0. The SMILES string of the molecule is CC1(C)CC(C)(C)c2cc(N3c4cc5c(cc4B4c6cc7c(cc6N(c6ccccc6)c6ncnc3c64)-c3ccc(N(c4ccccc4)c4ccccc4)cc3C7(C)C)C(C)(C)CC5(C)C)ccc21. The number of fused-ring (bicyclic) bond motifs is 9. The van der Waals surface area contributed by atoms with E-state index < -0.39 is 0 Å². The Morgan fingerprint density at radius 3 is 1.52 bits per heavy atom. The first-order valence-corrected chi connectivity index (χ1v) is 25.0. The highest BCUT2D eigenvalue weighted by Gasteiger charge is 2.51. The second-order valence-electron chi connectivity index (χ2n) is 23.8. The van der Waals surface area contributed by atoms with Crippen molar-refractivity contribution in [3.05, 3.63) is 191 Å². The average molecular weight is 898 g/mol. The Hall–Kier alpha value is -6.92. The third-order valence-corrected chi connectivity index (χ3v) is 16.9. The molecule has 69 heavy (non-hydrogen) atoms. The Labute approximate surface area is 409 Å². The molecule has 0 saturated heterocycles. The summed E-state index contributed by atoms with van der Waals surface area (Å²) in [6.45, 7) is 24.2. The molecule has 5 nitrogen and oxygen atoms in total. The van der Waals surface area contributed by atoms with Gasteiger partial charge in [-0.2, -0.15) is 0 Å². The number of anilines is 9. The van der Waals surface area contributed by atoms with Gasteiger partial charge in [0.1, 0.15) is 18.0 Å². The minimum absolute atomic E-state index is 0.0123. The number of rotatable bonds is 5. The van der Waals surface area contributed by atoms with Gasteiger partial charge in [0.2, 0.25) is 0 Å². The molecular weight excluding hydrogens is 838 g/mol. The maximum atomic E-state index is 5.38. The van der Waals surface area contributed by atoms with E-state index in [0.29, 0.717) is 0 Å². The van der Waals surface area contributed by atoms with Crippen molar-refractivity contribution in [1.29, 1.82) is 0 Å². The van der Waals surface area contributed by atoms with Crippen molar-refractivity contribution >= 4 is 74.5 Å². The fourth-order valence-electron chi connectivity index (χ4n) is 14.3. The van der Waals surface area contributed by atoms with Crippen LogP contribution in [0, 0.1) is 0 Å². The lowest BCUT2D eigenvalue weighted by Crippen LogP contribution is -2.62. The van der Waals surface area contributed by atoms with Gasteiger partial charge < -0.3 is 4.90 Å². The summed E-state index contributed by atoms with van der Waals surface area (Å²) in [5, 5.41) is 0. The van der Waals surface area contributed by atoms with E-state index in [0.717, 1.165) is 58.4 Å². The van der Waals surface area contributed by atoms with Gasteiger partial charge in [-0.25, -0.2) is 9.97 Å². The number of hydrogen-bond acceptors (Lipinski definition) is 5. The highest BCUT2D eigenvalue weighted by molar-refractivity contribution is 7.00. The highest BCUT2D eigenvalue weighted by atomic mass is 15.3. The van der Waals surface area contributed by atoms with Gasteiger partial charge in [0.15, 0.2) is 0 Å². The fraction of sp³-hybridized carbons (Fsp3) is 0.270. The van der Waals surface area contributed by atoms with E-state index in [2.05, 4.69) is 236 Å². The van der Waals surface area contributed by atoms with Crippen molar-refractivity contribution in [2.75, 3.05) is 14.7 Å². The number of aromatic nitrogens is 2. The van der Waals surface area contributed by atoms with Crippen LogP contribution in [0.5, 0.6) is 0 Å². The average Bonchev–Trinajstić information content (AvgIpc) is 3.75. The predicted octanol–water partition coefficient (Wildman–Crippen LogP) is 14.3. The molecule has 0 atom stereocenters. The third-order valence-electron chi connectivity index (χ3n) is 16.9. The Morgan fingerprint density at radius 1 is 0.420 bits per heavy atom. The second-order valence-corrected chi connectivity index (χ2v) is 23.8. The minimum atomic E-state index is -0.291. The van der Waals surface area contributed by atoms with Crippen LogP contribution in [-0.2, 0) is 27.1 Å². The Balaban J connectivity index is 1.06. The predicted molar refractivity (Wildman–Crippen MR) is 290 cm³/mol. The van der Waals surface area contributed by atoms with Crippen molar-refractivity contribution in [2.45, 2.75) is 109 Å². The van der Waals surface area contributed by atoms with Crippen molar-refractivity contribution < 1.29 is 0 Å². The zero-order chi connectivity index (χ0) is 47.6. The summed E-state index contributed by atoms with van der Waals surface area (Å²) in [5.41, 5.74) is 22.8. The van der Waals surface area contributed by atoms with E-state index in [1.54, 1.807) is 0 Å². The van der Waals surface area contributed by atoms with Gasteiger partial charge in [-0.3, -0.25) is 9.80 Å². The zero-order valence-electron chi connectivity index (χ0n) is 41.7. The highest BCUT2D eigenvalue weighted by Crippen LogP contribution is 2.56. The molecule has 340 valence electrons. The quantitative estimate of drug-likeness (QED) is 0.161. The Morgan fingerprint density at radius 2 is 0.913 bits per heavy atom. The molecule has 0 bridgehead atoms. The minimum Gasteiger partial charge on any atom is -0.310 e. The van der Waals surface area contributed by atoms with E-state index in [1.807, 2.05) is 6.33 Å². The monoisotopic (exact) mass is 897 g/mol. The van der Waals surface area contributed by atoms with Gasteiger partial charge in [-0.1, -0.05) is 148 Å². The number of para-hydroxylation sites is 3. The summed E-state index contributed by atoms with van der Waals surface area (Å²) >= 11 is 0. The van der Waals surface area contributed by atoms with Crippen LogP contribution in [0.2, 0.25) is 0 Å². The van der Waals surface area contributed by atoms with Crippen molar-refractivity contribution in [1.82, 2.24) is 9.97 Å². The maximum Gasteiger partial charge on any atom is 0.256 e. The van der Waals surface area contributed by atoms with Gasteiger partial charge in [0.05, 0.1) is 0 Å². The van der Waals surface area contributed by atoms with E-state index in [4.69, 9.17) is 9.97 Å². The van der Waals surface area contributed by atoms with Crippen LogP contribution in [0.25, 0.3) is 11.1 Å². The topological polar surface area (TPSA) is 35.5 Å². The molecule has 6 heteroatoms. The molecule has 0 fully saturated rings. The molecule has 0 radical (unpaired) electrons. The van der Waals surface area contributed by atoms with Crippen LogP contribution in [0.3, 0.4) is 0 Å². The molecule has 5 aliphatic rings. The van der Waals surface area contributed by atoms with Crippen molar-refractivity contribution in [3.8, 4) is 11.1 Å². The first-order valence-electron chi connectivity index (χ1n) is 25.0. The molecule has 0 spiro atoms. The molecule has 0 amide bonds. The van der Waals surface area contributed by atoms with Crippen molar-refractivity contribution in [2.24, 2.45) is 0 Å². The van der Waals surface area contributed by atoms with E-state index in [-0.39, 0.29) is 33.8 Å². The molecular formula is C63H60BN5. The lowest BCUT2D eigenvalue weighted by atomic mass is 9.33. The van der Waals surface area contributed by atoms with E-state index in [1.165, 1.54) is 66.8 Å². The Bertz CT molecular complexity index is 3400. The van der Waals surface area contributed by atoms with Crippen LogP contribution < -0.4 is 31.1 Å². The molecule has 3 aliphatic carbocycles. The molecule has 0 unspecified atom stereocenters. The van der Waals surface area contributed by atoms with Gasteiger partial charge in [-0.15, -0.1) is 0 Å². The third kappa shape index (κ3) is 5.96. The first-order chi connectivity index (χ1) is 32.9. The number of benzene rings is 7. The lowest BCUT2D eigenvalue weighted by molar-refractivity contribution is 0.403. The molecule has 2 aliphatic heterocycles. The second kappa shape index (κ2) is 14.1. The molecule has 13 rings (SSSR count). The Kier molecular flexibility index (Phi) is 8.62. The van der Waals surface area contributed by atoms with Crippen LogP contribution in [0.4, 0.5) is 51.4 Å². The molecule has 7 aromatic carbocycles. The van der Waals surface area contributed by atoms with Gasteiger partial charge in [0.25, 0.3) is 6.71 Å². The fourth-order valence-corrected chi connectivity index (χ4v) is 14.3. The smallest absolute Gasteiger partial charge is 0.256 e. The van der Waals surface area contributed by atoms with Crippen LogP contribution in [0.1, 0.15) is 115 Å². The van der Waals surface area contributed by atoms with Crippen LogP contribution in [0.15, 0.2) is 158 Å². The van der Waals surface area contributed by atoms with E-state index in [9.17, 15) is 0 Å². The molecule has 0 N–H and O–H groups in total. The molecule has 8 aromatic rings. The molecule has 1 aromatic heterocycles. The normalized spacial score (nSPS) is 18.4. The first kappa shape index (κ1) is 42.2. The van der Waals surface area contributed by atoms with Crippen LogP contribution >= 0.6 is 0 Å². The van der Waals surface area contributed by atoms with Gasteiger partial charge in [0, 0.05) is 50.7 Å². The summed E-state index contributed by atoms with van der Waals surface area (Å²) < 4.78 is 0. The summed E-state index contributed by atoms with van der Waals surface area (Å²) in [6.07, 6.45) is 4.02. The van der Waals surface area contributed by atoms with Crippen LogP contribution in [-0.4, -0.2) is 16.7 Å². The molecule has 3 heterocycles. The summed E-state index contributed by atoms with van der Waals surface area (Å²) in [5.74, 6) is 1.90. The largest absolute Gasteiger partial charge is 0.310 e. The summed E-state index contributed by atoms with van der Waals surface area (Å²) in [6, 6.07) is 57.0. The summed E-state index contributed by atoms with van der Waals surface area (Å²) in [7, 11) is 0. The molecule has 0 saturated carbocycles. The lowest BCUT2D eigenvalue weighted by Gasteiger charge is -2.43. The standard InChI is InChI=1S/C63H60BN5/c1-59(2)36-60(3,4)49-31-43(27-29-46(49)59)69-55-35-51-50(61(5,6)37-62(51,7)8)34-53(55)64-52-33-48-45(32-54(52)68(41-24-18-13-19-25-41)57-56(64)58(69)66-38-65-57)44-28-26-42(30-47(44)63(48,9)10)67(39-20-14-11-15-21-39)40-22-16-12-17-23-40/h11-35,38H,36-37H2,1-10H3. The van der Waals surface area contributed by atoms with Gasteiger partial charge in [-0.05, 0) is 163 Å². The number of nitrogens with zero attached hydrogens (tertiary/aromatic N) is 5.